The van der Waals surface area contributed by atoms with Crippen LogP contribution >= 0.6 is 0 Å². The lowest BCUT2D eigenvalue weighted by atomic mass is 10.1. The molecule has 0 heterocycles. The Morgan fingerprint density at radius 1 is 1.29 bits per heavy atom. The highest BCUT2D eigenvalue weighted by atomic mass is 15.1. The van der Waals surface area contributed by atoms with Gasteiger partial charge in [0.15, 0.2) is 0 Å². The van der Waals surface area contributed by atoms with E-state index in [1.165, 1.54) is 29.8 Å². The maximum atomic E-state index is 3.51. The molecule has 2 rings (SSSR count). The van der Waals surface area contributed by atoms with Gasteiger partial charge in [-0.1, -0.05) is 6.07 Å². The molecule has 2 heteroatoms. The summed E-state index contributed by atoms with van der Waals surface area (Å²) in [6.07, 6.45) is 2.65. The van der Waals surface area contributed by atoms with E-state index in [-0.39, 0.29) is 0 Å². The summed E-state index contributed by atoms with van der Waals surface area (Å²) in [5.74, 6) is 0. The van der Waals surface area contributed by atoms with Gasteiger partial charge in [-0.25, -0.2) is 0 Å². The van der Waals surface area contributed by atoms with Crippen LogP contribution in [0.5, 0.6) is 0 Å². The molecule has 0 aliphatic heterocycles. The lowest BCUT2D eigenvalue weighted by Gasteiger charge is -2.17. The van der Waals surface area contributed by atoms with Crippen molar-refractivity contribution in [2.75, 3.05) is 24.3 Å². The summed E-state index contributed by atoms with van der Waals surface area (Å²) in [7, 11) is 4.17. The Balaban J connectivity index is 2.20. The lowest BCUT2D eigenvalue weighted by Crippen LogP contribution is -2.11. The van der Waals surface area contributed by atoms with Crippen LogP contribution < -0.4 is 10.2 Å². The fraction of sp³-hybridized carbons (Fsp3) is 0.500. The minimum atomic E-state index is 0.729. The molecule has 1 aliphatic rings. The lowest BCUT2D eigenvalue weighted by molar-refractivity contribution is 1.10. The molecule has 14 heavy (non-hydrogen) atoms. The SMILES string of the molecule is Cc1ccc(NC2CC2)cc1N(C)C. The molecule has 0 saturated heterocycles. The normalized spacial score (nSPS) is 15.4. The van der Waals surface area contributed by atoms with E-state index in [0.29, 0.717) is 0 Å². The Morgan fingerprint density at radius 2 is 2.00 bits per heavy atom. The Bertz CT molecular complexity index is 327. The van der Waals surface area contributed by atoms with E-state index in [2.05, 4.69) is 49.4 Å². The molecule has 76 valence electrons. The van der Waals surface area contributed by atoms with Gasteiger partial charge in [-0.15, -0.1) is 0 Å². The number of anilines is 2. The summed E-state index contributed by atoms with van der Waals surface area (Å²) in [5, 5.41) is 3.51. The molecule has 1 fully saturated rings. The minimum absolute atomic E-state index is 0.729. The largest absolute Gasteiger partial charge is 0.382 e. The van der Waals surface area contributed by atoms with Gasteiger partial charge in [-0.05, 0) is 37.5 Å². The topological polar surface area (TPSA) is 15.3 Å². The second-order valence-corrected chi connectivity index (χ2v) is 4.31. The number of nitrogens with one attached hydrogen (secondary N) is 1. The molecule has 1 aromatic rings. The highest BCUT2D eigenvalue weighted by Gasteiger charge is 2.20. The Labute approximate surface area is 85.9 Å². The predicted molar refractivity (Wildman–Crippen MR) is 62.2 cm³/mol. The van der Waals surface area contributed by atoms with Crippen molar-refractivity contribution >= 4 is 11.4 Å². The van der Waals surface area contributed by atoms with Gasteiger partial charge in [0.05, 0.1) is 0 Å². The van der Waals surface area contributed by atoms with Crippen molar-refractivity contribution in [2.24, 2.45) is 0 Å². The summed E-state index contributed by atoms with van der Waals surface area (Å²) in [6.45, 7) is 2.15. The third-order valence-electron chi connectivity index (χ3n) is 2.64. The van der Waals surface area contributed by atoms with E-state index in [1.54, 1.807) is 0 Å². The van der Waals surface area contributed by atoms with Crippen molar-refractivity contribution in [3.63, 3.8) is 0 Å². The first-order chi connectivity index (χ1) is 6.66. The van der Waals surface area contributed by atoms with E-state index < -0.39 is 0 Å². The quantitative estimate of drug-likeness (QED) is 0.788. The van der Waals surface area contributed by atoms with Crippen LogP contribution in [0, 0.1) is 6.92 Å². The standard InChI is InChI=1S/C12H18N2/c1-9-4-5-11(13-10-6-7-10)8-12(9)14(2)3/h4-5,8,10,13H,6-7H2,1-3H3. The van der Waals surface area contributed by atoms with Crippen LogP contribution in [0.1, 0.15) is 18.4 Å². The van der Waals surface area contributed by atoms with E-state index >= 15 is 0 Å². The van der Waals surface area contributed by atoms with Crippen LogP contribution in [0.2, 0.25) is 0 Å². The van der Waals surface area contributed by atoms with Gasteiger partial charge in [0, 0.05) is 31.5 Å². The molecule has 0 unspecified atom stereocenters. The van der Waals surface area contributed by atoms with Gasteiger partial charge in [0.25, 0.3) is 0 Å². The van der Waals surface area contributed by atoms with Gasteiger partial charge in [0.2, 0.25) is 0 Å². The van der Waals surface area contributed by atoms with Gasteiger partial charge in [-0.3, -0.25) is 0 Å². The van der Waals surface area contributed by atoms with Gasteiger partial charge in [0.1, 0.15) is 0 Å². The monoisotopic (exact) mass is 190 g/mol. The number of hydrogen-bond donors (Lipinski definition) is 1. The molecule has 0 bridgehead atoms. The average molecular weight is 190 g/mol. The van der Waals surface area contributed by atoms with Gasteiger partial charge in [-0.2, -0.15) is 0 Å². The summed E-state index contributed by atoms with van der Waals surface area (Å²) >= 11 is 0. The Kier molecular flexibility index (Phi) is 2.36. The smallest absolute Gasteiger partial charge is 0.0411 e. The maximum Gasteiger partial charge on any atom is 0.0411 e. The number of benzene rings is 1. The van der Waals surface area contributed by atoms with E-state index in [0.717, 1.165) is 6.04 Å². The van der Waals surface area contributed by atoms with Crippen molar-refractivity contribution in [1.82, 2.24) is 0 Å². The van der Waals surface area contributed by atoms with Crippen LogP contribution in [0.4, 0.5) is 11.4 Å². The molecule has 1 N–H and O–H groups in total. The number of rotatable bonds is 3. The molecule has 0 aromatic heterocycles. The molecule has 2 nitrogen and oxygen atoms in total. The van der Waals surface area contributed by atoms with E-state index in [9.17, 15) is 0 Å². The molecule has 1 aromatic carbocycles. The molecule has 0 radical (unpaired) electrons. The highest BCUT2D eigenvalue weighted by molar-refractivity contribution is 5.62. The van der Waals surface area contributed by atoms with Gasteiger partial charge >= 0.3 is 0 Å². The predicted octanol–water partition coefficient (Wildman–Crippen LogP) is 2.64. The molecular formula is C12H18N2. The zero-order valence-electron chi connectivity index (χ0n) is 9.17. The van der Waals surface area contributed by atoms with Crippen molar-refractivity contribution < 1.29 is 0 Å². The summed E-state index contributed by atoms with van der Waals surface area (Å²) in [4.78, 5) is 2.16. The fourth-order valence-corrected chi connectivity index (χ4v) is 1.64. The Morgan fingerprint density at radius 3 is 2.57 bits per heavy atom. The number of hydrogen-bond acceptors (Lipinski definition) is 2. The zero-order chi connectivity index (χ0) is 10.1. The molecule has 0 spiro atoms. The third-order valence-corrected chi connectivity index (χ3v) is 2.64. The van der Waals surface area contributed by atoms with Crippen molar-refractivity contribution in [2.45, 2.75) is 25.8 Å². The highest BCUT2D eigenvalue weighted by Crippen LogP contribution is 2.28. The molecule has 0 amide bonds. The molecule has 1 aliphatic carbocycles. The number of aryl methyl sites for hydroxylation is 1. The zero-order valence-corrected chi connectivity index (χ0v) is 9.17. The van der Waals surface area contributed by atoms with Crippen LogP contribution in [0.25, 0.3) is 0 Å². The van der Waals surface area contributed by atoms with Crippen molar-refractivity contribution in [3.05, 3.63) is 23.8 Å². The third kappa shape index (κ3) is 2.00. The van der Waals surface area contributed by atoms with Gasteiger partial charge < -0.3 is 10.2 Å². The maximum absolute atomic E-state index is 3.51. The molecule has 1 saturated carbocycles. The van der Waals surface area contributed by atoms with Crippen LogP contribution in [-0.2, 0) is 0 Å². The van der Waals surface area contributed by atoms with Crippen LogP contribution in [0.15, 0.2) is 18.2 Å². The Hall–Kier alpha value is -1.18. The van der Waals surface area contributed by atoms with Crippen LogP contribution in [0.3, 0.4) is 0 Å². The summed E-state index contributed by atoms with van der Waals surface area (Å²) in [5.41, 5.74) is 3.88. The summed E-state index contributed by atoms with van der Waals surface area (Å²) < 4.78 is 0. The van der Waals surface area contributed by atoms with Crippen LogP contribution in [-0.4, -0.2) is 20.1 Å². The van der Waals surface area contributed by atoms with Crippen molar-refractivity contribution in [3.8, 4) is 0 Å². The first kappa shape index (κ1) is 9.38. The van der Waals surface area contributed by atoms with E-state index in [4.69, 9.17) is 0 Å². The average Bonchev–Trinajstić information content (AvgIpc) is 2.92. The second kappa shape index (κ2) is 3.52. The number of nitrogens with zero attached hydrogens (tertiary/aromatic N) is 1. The van der Waals surface area contributed by atoms with E-state index in [1.807, 2.05) is 0 Å². The first-order valence-corrected chi connectivity index (χ1v) is 5.21. The minimum Gasteiger partial charge on any atom is -0.382 e. The summed E-state index contributed by atoms with van der Waals surface area (Å²) in [6, 6.07) is 7.31. The second-order valence-electron chi connectivity index (χ2n) is 4.31. The molecular weight excluding hydrogens is 172 g/mol. The van der Waals surface area contributed by atoms with Crippen molar-refractivity contribution in [1.29, 1.82) is 0 Å². The first-order valence-electron chi connectivity index (χ1n) is 5.21. The molecule has 0 atom stereocenters. The fourth-order valence-electron chi connectivity index (χ4n) is 1.64.